The average molecular weight is 650 g/mol. The highest BCUT2D eigenvalue weighted by atomic mass is 127. The van der Waals surface area contributed by atoms with E-state index in [-0.39, 0.29) is 11.3 Å². The van der Waals surface area contributed by atoms with Crippen molar-refractivity contribution in [1.82, 2.24) is 5.16 Å². The Morgan fingerprint density at radius 3 is 2.48 bits per heavy atom. The monoisotopic (exact) mass is 650 g/mol. The van der Waals surface area contributed by atoms with Gasteiger partial charge in [-0.3, -0.25) is 10.1 Å². The normalized spacial score (nSPS) is 11.6. The summed E-state index contributed by atoms with van der Waals surface area (Å²) in [5.74, 6) is 0.214. The molecule has 0 unspecified atom stereocenters. The molecule has 0 spiro atoms. The molecular formula is C16H17I3N2O2. The first-order valence-electron chi connectivity index (χ1n) is 7.23. The Hall–Kier alpha value is 0.0900. The number of nitrogens with one attached hydrogen (secondary N) is 1. The van der Waals surface area contributed by atoms with Crippen molar-refractivity contribution in [2.45, 2.75) is 39.0 Å². The Morgan fingerprint density at radius 1 is 1.22 bits per heavy atom. The van der Waals surface area contributed by atoms with E-state index in [1.807, 2.05) is 18.2 Å². The summed E-state index contributed by atoms with van der Waals surface area (Å²) in [6.07, 6.45) is 1.94. The molecule has 0 atom stereocenters. The lowest BCUT2D eigenvalue weighted by atomic mass is 9.81. The Bertz CT molecular complexity index is 724. The van der Waals surface area contributed by atoms with Gasteiger partial charge < -0.3 is 4.52 Å². The number of carbonyl (C=O) groups excluding carboxylic acids is 1. The van der Waals surface area contributed by atoms with Crippen molar-refractivity contribution >= 4 is 79.6 Å². The van der Waals surface area contributed by atoms with Crippen molar-refractivity contribution in [3.8, 4) is 0 Å². The Balaban J connectivity index is 2.24. The smallest absolute Gasteiger partial charge is 0.259 e. The summed E-state index contributed by atoms with van der Waals surface area (Å²) in [6.45, 7) is 6.42. The maximum absolute atomic E-state index is 12.5. The quantitative estimate of drug-likeness (QED) is 0.328. The highest BCUT2D eigenvalue weighted by Gasteiger charge is 2.27. The number of hydrogen-bond acceptors (Lipinski definition) is 3. The topological polar surface area (TPSA) is 55.1 Å². The van der Waals surface area contributed by atoms with Crippen molar-refractivity contribution in [3.05, 3.63) is 40.2 Å². The first-order valence-corrected chi connectivity index (χ1v) is 10.5. The summed E-state index contributed by atoms with van der Waals surface area (Å²) in [5.41, 5.74) is 1.50. The lowest BCUT2D eigenvalue weighted by Crippen LogP contribution is -2.19. The number of nitrogens with zero attached hydrogens (tertiary/aromatic N) is 1. The second-order valence-corrected chi connectivity index (χ2v) is 9.03. The Morgan fingerprint density at radius 2 is 1.87 bits per heavy atom. The van der Waals surface area contributed by atoms with Crippen molar-refractivity contribution in [3.63, 3.8) is 0 Å². The zero-order valence-corrected chi connectivity index (χ0v) is 19.5. The molecule has 0 fully saturated rings. The van der Waals surface area contributed by atoms with E-state index >= 15 is 0 Å². The van der Waals surface area contributed by atoms with Crippen LogP contribution in [0.4, 0.5) is 5.88 Å². The third-order valence-electron chi connectivity index (χ3n) is 4.16. The van der Waals surface area contributed by atoms with Crippen molar-refractivity contribution in [2.24, 2.45) is 0 Å². The maximum Gasteiger partial charge on any atom is 0.259 e. The van der Waals surface area contributed by atoms with E-state index in [9.17, 15) is 4.79 Å². The second-order valence-electron chi connectivity index (χ2n) is 5.55. The predicted molar refractivity (Wildman–Crippen MR) is 117 cm³/mol. The van der Waals surface area contributed by atoms with Gasteiger partial charge >= 0.3 is 0 Å². The number of carbonyl (C=O) groups is 1. The van der Waals surface area contributed by atoms with Gasteiger partial charge in [-0.1, -0.05) is 25.9 Å². The lowest BCUT2D eigenvalue weighted by Gasteiger charge is -2.22. The minimum Gasteiger partial charge on any atom is -0.338 e. The van der Waals surface area contributed by atoms with E-state index in [2.05, 4.69) is 99.0 Å². The van der Waals surface area contributed by atoms with Gasteiger partial charge in [0.25, 0.3) is 5.91 Å². The van der Waals surface area contributed by atoms with Crippen LogP contribution in [0.25, 0.3) is 0 Å². The molecule has 7 heteroatoms. The lowest BCUT2D eigenvalue weighted by molar-refractivity contribution is 0.102. The average Bonchev–Trinajstić information content (AvgIpc) is 2.99. The molecule has 1 heterocycles. The van der Waals surface area contributed by atoms with Crippen LogP contribution >= 0.6 is 67.8 Å². The van der Waals surface area contributed by atoms with E-state index in [0.29, 0.717) is 11.4 Å². The van der Waals surface area contributed by atoms with E-state index in [4.69, 9.17) is 4.52 Å². The van der Waals surface area contributed by atoms with Crippen molar-refractivity contribution in [2.75, 3.05) is 5.32 Å². The van der Waals surface area contributed by atoms with Gasteiger partial charge in [0.1, 0.15) is 0 Å². The third kappa shape index (κ3) is 4.39. The van der Waals surface area contributed by atoms with Gasteiger partial charge in [-0.25, -0.2) is 0 Å². The number of benzene rings is 1. The number of hydrogen-bond donors (Lipinski definition) is 1. The first kappa shape index (κ1) is 19.4. The van der Waals surface area contributed by atoms with Gasteiger partial charge in [-0.15, -0.1) is 0 Å². The molecule has 1 aromatic heterocycles. The van der Waals surface area contributed by atoms with Crippen LogP contribution in [-0.4, -0.2) is 11.1 Å². The van der Waals surface area contributed by atoms with Crippen LogP contribution in [0.2, 0.25) is 0 Å². The zero-order valence-electron chi connectivity index (χ0n) is 13.0. The van der Waals surface area contributed by atoms with Crippen LogP contribution < -0.4 is 5.32 Å². The van der Waals surface area contributed by atoms with Gasteiger partial charge in [0.2, 0.25) is 5.88 Å². The highest BCUT2D eigenvalue weighted by molar-refractivity contribution is 14.1. The highest BCUT2D eigenvalue weighted by Crippen LogP contribution is 2.32. The molecule has 1 aromatic carbocycles. The molecule has 2 aromatic rings. The molecule has 0 saturated heterocycles. The molecule has 0 aliphatic carbocycles. The molecule has 23 heavy (non-hydrogen) atoms. The van der Waals surface area contributed by atoms with Crippen LogP contribution in [0.1, 0.15) is 49.7 Å². The summed E-state index contributed by atoms with van der Waals surface area (Å²) in [4.78, 5) is 12.5. The van der Waals surface area contributed by atoms with Crippen LogP contribution in [0.5, 0.6) is 0 Å². The summed E-state index contributed by atoms with van der Waals surface area (Å²) in [7, 11) is 0. The van der Waals surface area contributed by atoms with Crippen molar-refractivity contribution in [1.29, 1.82) is 0 Å². The van der Waals surface area contributed by atoms with Gasteiger partial charge in [0.15, 0.2) is 0 Å². The standard InChI is InChI=1S/C16H17I3N2O2/c1-4-16(3,5-2)12-8-13(23-21-12)20-15(22)10-6-9(17)7-11(18)14(10)19/h6-8H,4-5H2,1-3H3,(H,20,22). The molecule has 124 valence electrons. The van der Waals surface area contributed by atoms with Gasteiger partial charge in [0, 0.05) is 22.2 Å². The number of amides is 1. The first-order chi connectivity index (χ1) is 10.8. The van der Waals surface area contributed by atoms with Gasteiger partial charge in [0.05, 0.1) is 11.3 Å². The maximum atomic E-state index is 12.5. The fourth-order valence-electron chi connectivity index (χ4n) is 2.13. The van der Waals surface area contributed by atoms with Gasteiger partial charge in [-0.05, 0) is 92.7 Å². The molecule has 0 aliphatic rings. The van der Waals surface area contributed by atoms with Crippen molar-refractivity contribution < 1.29 is 9.32 Å². The molecule has 4 nitrogen and oxygen atoms in total. The number of anilines is 1. The largest absolute Gasteiger partial charge is 0.338 e. The number of aromatic nitrogens is 1. The number of halogens is 3. The van der Waals surface area contributed by atoms with E-state index in [0.717, 1.165) is 29.2 Å². The number of rotatable bonds is 5. The van der Waals surface area contributed by atoms with Crippen LogP contribution in [0.3, 0.4) is 0 Å². The molecule has 1 amide bonds. The summed E-state index contributed by atoms with van der Waals surface area (Å²) >= 11 is 6.64. The van der Waals surface area contributed by atoms with E-state index in [1.54, 1.807) is 0 Å². The fourth-order valence-corrected chi connectivity index (χ4v) is 4.53. The minimum atomic E-state index is -0.178. The fraction of sp³-hybridized carbons (Fsp3) is 0.375. The molecule has 0 aliphatic heterocycles. The Labute approximate surface area is 177 Å². The predicted octanol–water partition coefficient (Wildman–Crippen LogP) is 5.82. The van der Waals surface area contributed by atoms with Crippen LogP contribution in [0, 0.1) is 10.7 Å². The molecule has 2 rings (SSSR count). The SMILES string of the molecule is CCC(C)(CC)c1cc(NC(=O)c2cc(I)cc(I)c2I)on1. The minimum absolute atomic E-state index is 0.0294. The van der Waals surface area contributed by atoms with Crippen LogP contribution in [0.15, 0.2) is 22.7 Å². The Kier molecular flexibility index (Phi) is 6.74. The summed E-state index contributed by atoms with van der Waals surface area (Å²) in [6, 6.07) is 5.75. The van der Waals surface area contributed by atoms with Gasteiger partial charge in [-0.2, -0.15) is 0 Å². The molecule has 0 radical (unpaired) electrons. The molecule has 0 bridgehead atoms. The third-order valence-corrected chi connectivity index (χ3v) is 7.83. The molecule has 0 saturated carbocycles. The molecular weight excluding hydrogens is 633 g/mol. The molecule has 1 N–H and O–H groups in total. The summed E-state index contributed by atoms with van der Waals surface area (Å²) < 4.78 is 8.34. The summed E-state index contributed by atoms with van der Waals surface area (Å²) in [5, 5.41) is 6.95. The van der Waals surface area contributed by atoms with Crippen LogP contribution in [-0.2, 0) is 5.41 Å². The van der Waals surface area contributed by atoms with E-state index in [1.165, 1.54) is 0 Å². The van der Waals surface area contributed by atoms with E-state index < -0.39 is 0 Å². The second kappa shape index (κ2) is 7.98. The zero-order chi connectivity index (χ0) is 17.2.